The first-order chi connectivity index (χ1) is 6.79. The average Bonchev–Trinajstić information content (AvgIpc) is 2.70. The molecule has 2 nitrogen and oxygen atoms in total. The first kappa shape index (κ1) is 9.34. The molecule has 0 aliphatic heterocycles. The number of rotatable bonds is 2. The Morgan fingerprint density at radius 3 is 3.00 bits per heavy atom. The summed E-state index contributed by atoms with van der Waals surface area (Å²) in [6.45, 7) is 0. The van der Waals surface area contributed by atoms with E-state index in [0.717, 1.165) is 24.0 Å². The normalized spacial score (nSPS) is 15.3. The van der Waals surface area contributed by atoms with Crippen LogP contribution in [0.25, 0.3) is 5.57 Å². The average molecular weight is 204 g/mol. The molecule has 0 atom stereocenters. The zero-order chi connectivity index (χ0) is 9.97. The molecule has 0 saturated heterocycles. The van der Waals surface area contributed by atoms with Crippen molar-refractivity contribution in [1.29, 1.82) is 0 Å². The second-order valence-corrected chi connectivity index (χ2v) is 3.85. The van der Waals surface area contributed by atoms with E-state index in [9.17, 15) is 0 Å². The monoisotopic (exact) mass is 204 g/mol. The summed E-state index contributed by atoms with van der Waals surface area (Å²) >= 11 is 5.01. The number of pyridine rings is 1. The van der Waals surface area contributed by atoms with Gasteiger partial charge in [0.15, 0.2) is 0 Å². The number of hydrogen-bond donors (Lipinski definition) is 1. The molecule has 0 unspecified atom stereocenters. The second-order valence-electron chi connectivity index (χ2n) is 3.41. The van der Waals surface area contributed by atoms with Crippen LogP contribution >= 0.6 is 12.2 Å². The molecule has 0 bridgehead atoms. The molecule has 0 amide bonds. The van der Waals surface area contributed by atoms with E-state index < -0.39 is 0 Å². The van der Waals surface area contributed by atoms with Crippen molar-refractivity contribution in [2.45, 2.75) is 19.3 Å². The predicted molar refractivity (Wildman–Crippen MR) is 62.0 cm³/mol. The summed E-state index contributed by atoms with van der Waals surface area (Å²) in [5, 5.41) is 0. The molecule has 1 aromatic rings. The molecule has 2 N–H and O–H groups in total. The van der Waals surface area contributed by atoms with Crippen LogP contribution in [0.4, 0.5) is 0 Å². The number of thiocarbonyl (C=S) groups is 1. The number of allylic oxidation sites excluding steroid dienone is 2. The van der Waals surface area contributed by atoms with Crippen molar-refractivity contribution >= 4 is 22.8 Å². The Balaban J connectivity index is 2.46. The third-order valence-electron chi connectivity index (χ3n) is 2.47. The van der Waals surface area contributed by atoms with Crippen LogP contribution in [0.1, 0.15) is 30.4 Å². The minimum absolute atomic E-state index is 0.454. The molecule has 72 valence electrons. The first-order valence-electron chi connectivity index (χ1n) is 4.72. The molecule has 0 saturated carbocycles. The lowest BCUT2D eigenvalue weighted by atomic mass is 10.0. The minimum Gasteiger partial charge on any atom is -0.389 e. The standard InChI is InChI=1S/C11H12N2S/c12-11(14)9-5-6-13-7-10(9)8-3-1-2-4-8/h3,5-7H,1-2,4H2,(H2,12,14). The van der Waals surface area contributed by atoms with Gasteiger partial charge in [-0.3, -0.25) is 4.98 Å². The highest BCUT2D eigenvalue weighted by Gasteiger charge is 2.12. The van der Waals surface area contributed by atoms with Crippen LogP contribution in [0.5, 0.6) is 0 Å². The summed E-state index contributed by atoms with van der Waals surface area (Å²) in [7, 11) is 0. The van der Waals surface area contributed by atoms with E-state index in [1.807, 2.05) is 12.3 Å². The zero-order valence-electron chi connectivity index (χ0n) is 7.86. The summed E-state index contributed by atoms with van der Waals surface area (Å²) in [5.41, 5.74) is 9.05. The molecule has 0 fully saturated rings. The van der Waals surface area contributed by atoms with Gasteiger partial charge in [-0.05, 0) is 30.9 Å². The summed E-state index contributed by atoms with van der Waals surface area (Å²) in [6.07, 6.45) is 9.32. The Morgan fingerprint density at radius 2 is 2.36 bits per heavy atom. The van der Waals surface area contributed by atoms with Crippen molar-refractivity contribution < 1.29 is 0 Å². The lowest BCUT2D eigenvalue weighted by Crippen LogP contribution is -2.12. The van der Waals surface area contributed by atoms with Crippen LogP contribution in [0, 0.1) is 0 Å². The SMILES string of the molecule is NC(=S)c1ccncc1C1=CCCC1. The van der Waals surface area contributed by atoms with Crippen molar-refractivity contribution in [3.8, 4) is 0 Å². The van der Waals surface area contributed by atoms with Crippen molar-refractivity contribution in [3.05, 3.63) is 35.7 Å². The minimum atomic E-state index is 0.454. The van der Waals surface area contributed by atoms with Gasteiger partial charge in [0, 0.05) is 23.5 Å². The highest BCUT2D eigenvalue weighted by atomic mass is 32.1. The maximum Gasteiger partial charge on any atom is 0.104 e. The van der Waals surface area contributed by atoms with Gasteiger partial charge in [0.25, 0.3) is 0 Å². The van der Waals surface area contributed by atoms with Crippen LogP contribution in [0.15, 0.2) is 24.5 Å². The molecule has 1 aliphatic carbocycles. The maximum absolute atomic E-state index is 5.66. The Hall–Kier alpha value is -1.22. The summed E-state index contributed by atoms with van der Waals surface area (Å²) in [5.74, 6) is 0. The Labute approximate surface area is 88.8 Å². The lowest BCUT2D eigenvalue weighted by molar-refractivity contribution is 0.935. The number of nitrogens with zero attached hydrogens (tertiary/aromatic N) is 1. The van der Waals surface area contributed by atoms with Crippen LogP contribution in [0.2, 0.25) is 0 Å². The molecule has 0 spiro atoms. The topological polar surface area (TPSA) is 38.9 Å². The predicted octanol–water partition coefficient (Wildman–Crippen LogP) is 2.28. The van der Waals surface area contributed by atoms with Crippen molar-refractivity contribution in [2.24, 2.45) is 5.73 Å². The summed E-state index contributed by atoms with van der Waals surface area (Å²) < 4.78 is 0. The lowest BCUT2D eigenvalue weighted by Gasteiger charge is -2.07. The maximum atomic E-state index is 5.66. The molecular weight excluding hydrogens is 192 g/mol. The molecule has 3 heteroatoms. The molecule has 2 rings (SSSR count). The number of hydrogen-bond acceptors (Lipinski definition) is 2. The molecule has 0 aromatic carbocycles. The third kappa shape index (κ3) is 1.68. The smallest absolute Gasteiger partial charge is 0.104 e. The van der Waals surface area contributed by atoms with Crippen molar-refractivity contribution in [2.75, 3.05) is 0 Å². The molecule has 1 aliphatic rings. The van der Waals surface area contributed by atoms with E-state index in [4.69, 9.17) is 18.0 Å². The second kappa shape index (κ2) is 3.88. The highest BCUT2D eigenvalue weighted by Crippen LogP contribution is 2.29. The number of aromatic nitrogens is 1. The van der Waals surface area contributed by atoms with Crippen molar-refractivity contribution in [1.82, 2.24) is 4.98 Å². The molecule has 1 heterocycles. The molecule has 1 aromatic heterocycles. The van der Waals surface area contributed by atoms with E-state index in [1.165, 1.54) is 12.0 Å². The summed E-state index contributed by atoms with van der Waals surface area (Å²) in [4.78, 5) is 4.57. The fourth-order valence-corrected chi connectivity index (χ4v) is 1.96. The fraction of sp³-hybridized carbons (Fsp3) is 0.273. The van der Waals surface area contributed by atoms with Gasteiger partial charge in [0.05, 0.1) is 0 Å². The molecule has 14 heavy (non-hydrogen) atoms. The van der Waals surface area contributed by atoms with Crippen LogP contribution in [0.3, 0.4) is 0 Å². The van der Waals surface area contributed by atoms with E-state index in [1.54, 1.807) is 6.20 Å². The Morgan fingerprint density at radius 1 is 1.50 bits per heavy atom. The Kier molecular flexibility index (Phi) is 2.59. The van der Waals surface area contributed by atoms with Gasteiger partial charge < -0.3 is 5.73 Å². The van der Waals surface area contributed by atoms with Gasteiger partial charge in [-0.1, -0.05) is 18.3 Å². The van der Waals surface area contributed by atoms with Gasteiger partial charge in [0.1, 0.15) is 4.99 Å². The highest BCUT2D eigenvalue weighted by molar-refractivity contribution is 7.80. The van der Waals surface area contributed by atoms with E-state index >= 15 is 0 Å². The quantitative estimate of drug-likeness (QED) is 0.751. The van der Waals surface area contributed by atoms with Crippen LogP contribution in [-0.4, -0.2) is 9.97 Å². The van der Waals surface area contributed by atoms with Gasteiger partial charge in [-0.2, -0.15) is 0 Å². The largest absolute Gasteiger partial charge is 0.389 e. The van der Waals surface area contributed by atoms with Gasteiger partial charge in [-0.25, -0.2) is 0 Å². The van der Waals surface area contributed by atoms with Crippen LogP contribution < -0.4 is 5.73 Å². The zero-order valence-corrected chi connectivity index (χ0v) is 8.68. The third-order valence-corrected chi connectivity index (χ3v) is 2.69. The molecule has 0 radical (unpaired) electrons. The van der Waals surface area contributed by atoms with Crippen LogP contribution in [-0.2, 0) is 0 Å². The Bertz CT molecular complexity index is 396. The van der Waals surface area contributed by atoms with Gasteiger partial charge in [-0.15, -0.1) is 0 Å². The fourth-order valence-electron chi connectivity index (χ4n) is 1.78. The van der Waals surface area contributed by atoms with Gasteiger partial charge >= 0.3 is 0 Å². The van der Waals surface area contributed by atoms with Crippen molar-refractivity contribution in [3.63, 3.8) is 0 Å². The molecular formula is C11H12N2S. The van der Waals surface area contributed by atoms with Gasteiger partial charge in [0.2, 0.25) is 0 Å². The first-order valence-corrected chi connectivity index (χ1v) is 5.13. The van der Waals surface area contributed by atoms with E-state index in [0.29, 0.717) is 4.99 Å². The van der Waals surface area contributed by atoms with E-state index in [-0.39, 0.29) is 0 Å². The number of nitrogens with two attached hydrogens (primary N) is 1. The van der Waals surface area contributed by atoms with E-state index in [2.05, 4.69) is 11.1 Å². The summed E-state index contributed by atoms with van der Waals surface area (Å²) in [6, 6.07) is 1.89.